The number of ether oxygens (including phenoxy) is 2. The van der Waals surface area contributed by atoms with Gasteiger partial charge in [-0.25, -0.2) is 0 Å². The van der Waals surface area contributed by atoms with Crippen LogP contribution in [0.4, 0.5) is 5.69 Å². The first-order valence-electron chi connectivity index (χ1n) is 7.74. The number of rotatable bonds is 5. The van der Waals surface area contributed by atoms with Gasteiger partial charge in [-0.2, -0.15) is 0 Å². The summed E-state index contributed by atoms with van der Waals surface area (Å²) in [5, 5.41) is 15.5. The molecule has 0 fully saturated rings. The van der Waals surface area contributed by atoms with Crippen molar-refractivity contribution in [3.05, 3.63) is 53.6 Å². The van der Waals surface area contributed by atoms with E-state index >= 15 is 0 Å². The molecule has 0 radical (unpaired) electrons. The summed E-state index contributed by atoms with van der Waals surface area (Å²) >= 11 is 0. The smallest absolute Gasteiger partial charge is 0.262 e. The molecule has 0 aliphatic carbocycles. The number of carbonyl (C=O) groups is 2. The van der Waals surface area contributed by atoms with Gasteiger partial charge in [-0.05, 0) is 35.9 Å². The topological polar surface area (TPSA) is 96.9 Å². The van der Waals surface area contributed by atoms with Crippen molar-refractivity contribution < 1.29 is 24.2 Å². The fraction of sp³-hybridized carbons (Fsp3) is 0.222. The Kier molecular flexibility index (Phi) is 4.85. The van der Waals surface area contributed by atoms with Crippen LogP contribution < -0.4 is 20.1 Å². The lowest BCUT2D eigenvalue weighted by Crippen LogP contribution is -2.29. The lowest BCUT2D eigenvalue weighted by molar-refractivity contribution is -0.118. The van der Waals surface area contributed by atoms with Crippen LogP contribution >= 0.6 is 0 Å². The Balaban J connectivity index is 1.61. The number of aliphatic hydroxyl groups excluding tert-OH is 1. The van der Waals surface area contributed by atoms with Crippen LogP contribution in [-0.4, -0.2) is 37.2 Å². The zero-order valence-corrected chi connectivity index (χ0v) is 13.6. The van der Waals surface area contributed by atoms with E-state index in [1.807, 2.05) is 0 Å². The van der Waals surface area contributed by atoms with Gasteiger partial charge in [0, 0.05) is 12.1 Å². The number of fused-ring (bicyclic) bond motifs is 1. The van der Waals surface area contributed by atoms with Gasteiger partial charge >= 0.3 is 0 Å². The van der Waals surface area contributed by atoms with Gasteiger partial charge in [0.05, 0.1) is 18.9 Å². The summed E-state index contributed by atoms with van der Waals surface area (Å²) < 4.78 is 10.4. The molecule has 0 saturated carbocycles. The van der Waals surface area contributed by atoms with E-state index in [1.165, 1.54) is 0 Å². The number of methoxy groups -OCH3 is 1. The van der Waals surface area contributed by atoms with E-state index in [-0.39, 0.29) is 25.0 Å². The molecule has 2 aromatic rings. The minimum Gasteiger partial charge on any atom is -0.497 e. The maximum Gasteiger partial charge on any atom is 0.262 e. The second kappa shape index (κ2) is 7.23. The Hall–Kier alpha value is -3.06. The van der Waals surface area contributed by atoms with Gasteiger partial charge in [0.15, 0.2) is 6.61 Å². The maximum absolute atomic E-state index is 12.2. The quantitative estimate of drug-likeness (QED) is 0.765. The van der Waals surface area contributed by atoms with E-state index in [9.17, 15) is 14.7 Å². The van der Waals surface area contributed by atoms with Crippen molar-refractivity contribution in [2.75, 3.05) is 25.6 Å². The van der Waals surface area contributed by atoms with Crippen LogP contribution in [0.2, 0.25) is 0 Å². The van der Waals surface area contributed by atoms with Crippen molar-refractivity contribution >= 4 is 17.5 Å². The first-order valence-corrected chi connectivity index (χ1v) is 7.74. The van der Waals surface area contributed by atoms with E-state index in [4.69, 9.17) is 9.47 Å². The third-order valence-electron chi connectivity index (χ3n) is 3.83. The minimum atomic E-state index is -0.831. The summed E-state index contributed by atoms with van der Waals surface area (Å²) in [4.78, 5) is 23.5. The third kappa shape index (κ3) is 3.89. The molecule has 2 aromatic carbocycles. The van der Waals surface area contributed by atoms with Gasteiger partial charge in [-0.1, -0.05) is 12.1 Å². The average molecular weight is 342 g/mol. The molecule has 0 unspecified atom stereocenters. The first kappa shape index (κ1) is 16.8. The first-order chi connectivity index (χ1) is 12.1. The van der Waals surface area contributed by atoms with Crippen LogP contribution in [0.3, 0.4) is 0 Å². The summed E-state index contributed by atoms with van der Waals surface area (Å²) in [7, 11) is 1.57. The number of hydrogen-bond donors (Lipinski definition) is 3. The minimum absolute atomic E-state index is 0.0693. The predicted molar refractivity (Wildman–Crippen MR) is 90.9 cm³/mol. The van der Waals surface area contributed by atoms with E-state index in [1.54, 1.807) is 49.6 Å². The van der Waals surface area contributed by atoms with Crippen LogP contribution in [0.25, 0.3) is 0 Å². The normalized spacial score (nSPS) is 13.9. The van der Waals surface area contributed by atoms with Gasteiger partial charge in [0.1, 0.15) is 11.5 Å². The largest absolute Gasteiger partial charge is 0.497 e. The van der Waals surface area contributed by atoms with Gasteiger partial charge in [0.25, 0.3) is 11.8 Å². The average Bonchev–Trinajstić information content (AvgIpc) is 2.65. The maximum atomic E-state index is 12.2. The van der Waals surface area contributed by atoms with Crippen LogP contribution in [0, 0.1) is 0 Å². The zero-order chi connectivity index (χ0) is 17.8. The van der Waals surface area contributed by atoms with Crippen molar-refractivity contribution in [3.63, 3.8) is 0 Å². The highest BCUT2D eigenvalue weighted by molar-refractivity contribution is 5.98. The van der Waals surface area contributed by atoms with Crippen molar-refractivity contribution in [2.45, 2.75) is 6.10 Å². The van der Waals surface area contributed by atoms with E-state index in [2.05, 4.69) is 10.6 Å². The highest BCUT2D eigenvalue weighted by Gasteiger charge is 2.18. The molecule has 1 aliphatic rings. The molecule has 7 nitrogen and oxygen atoms in total. The Morgan fingerprint density at radius 1 is 1.32 bits per heavy atom. The number of benzene rings is 2. The summed E-state index contributed by atoms with van der Waals surface area (Å²) in [6, 6.07) is 11.7. The number of aliphatic hydroxyl groups is 1. The molecule has 7 heteroatoms. The summed E-state index contributed by atoms with van der Waals surface area (Å²) in [6.45, 7) is -0.00586. The lowest BCUT2D eigenvalue weighted by atomic mass is 10.1. The van der Waals surface area contributed by atoms with Crippen LogP contribution in [0.1, 0.15) is 22.0 Å². The second-order valence-electron chi connectivity index (χ2n) is 5.55. The van der Waals surface area contributed by atoms with Crippen LogP contribution in [-0.2, 0) is 4.79 Å². The molecule has 3 N–H and O–H groups in total. The Morgan fingerprint density at radius 3 is 2.80 bits per heavy atom. The molecule has 2 amide bonds. The van der Waals surface area contributed by atoms with Gasteiger partial charge in [0.2, 0.25) is 0 Å². The lowest BCUT2D eigenvalue weighted by Gasteiger charge is -2.18. The molecule has 0 spiro atoms. The highest BCUT2D eigenvalue weighted by Crippen LogP contribution is 2.28. The van der Waals surface area contributed by atoms with E-state index in [0.29, 0.717) is 28.3 Å². The highest BCUT2D eigenvalue weighted by atomic mass is 16.5. The van der Waals surface area contributed by atoms with Gasteiger partial charge < -0.3 is 25.2 Å². The molecule has 1 aliphatic heterocycles. The van der Waals surface area contributed by atoms with Crippen LogP contribution in [0.5, 0.6) is 11.5 Å². The SMILES string of the molecule is COc1ccc([C@H](O)CNC(=O)c2ccc3c(c2)OCC(=O)N3)cc1. The molecule has 0 aromatic heterocycles. The Morgan fingerprint density at radius 2 is 2.08 bits per heavy atom. The molecule has 1 atom stereocenters. The fourth-order valence-corrected chi connectivity index (χ4v) is 2.45. The van der Waals surface area contributed by atoms with Gasteiger partial charge in [-0.15, -0.1) is 0 Å². The standard InChI is InChI=1S/C18H18N2O5/c1-24-13-5-2-11(3-6-13)15(21)9-19-18(23)12-4-7-14-16(8-12)25-10-17(22)20-14/h2-8,15,21H,9-10H2,1H3,(H,19,23)(H,20,22)/t15-/m1/s1. The molecular formula is C18H18N2O5. The zero-order valence-electron chi connectivity index (χ0n) is 13.6. The molecule has 0 bridgehead atoms. The van der Waals surface area contributed by atoms with Crippen molar-refractivity contribution in [1.82, 2.24) is 5.32 Å². The molecule has 130 valence electrons. The number of carbonyl (C=O) groups excluding carboxylic acids is 2. The second-order valence-corrected chi connectivity index (χ2v) is 5.55. The van der Waals surface area contributed by atoms with Crippen molar-refractivity contribution in [1.29, 1.82) is 0 Å². The van der Waals surface area contributed by atoms with Crippen LogP contribution in [0.15, 0.2) is 42.5 Å². The van der Waals surface area contributed by atoms with E-state index < -0.39 is 6.10 Å². The Labute approximate surface area is 144 Å². The number of anilines is 1. The fourth-order valence-electron chi connectivity index (χ4n) is 2.45. The summed E-state index contributed by atoms with van der Waals surface area (Å²) in [5.41, 5.74) is 1.60. The molecular weight excluding hydrogens is 324 g/mol. The summed E-state index contributed by atoms with van der Waals surface area (Å²) in [6.07, 6.45) is -0.831. The summed E-state index contributed by atoms with van der Waals surface area (Å²) in [5.74, 6) is 0.576. The number of hydrogen-bond acceptors (Lipinski definition) is 5. The third-order valence-corrected chi connectivity index (χ3v) is 3.83. The predicted octanol–water partition coefficient (Wildman–Crippen LogP) is 1.49. The van der Waals surface area contributed by atoms with Crippen molar-refractivity contribution in [3.8, 4) is 11.5 Å². The molecule has 1 heterocycles. The number of amides is 2. The van der Waals surface area contributed by atoms with Crippen molar-refractivity contribution in [2.24, 2.45) is 0 Å². The monoisotopic (exact) mass is 342 g/mol. The number of nitrogens with one attached hydrogen (secondary N) is 2. The molecule has 25 heavy (non-hydrogen) atoms. The van der Waals surface area contributed by atoms with Gasteiger partial charge in [-0.3, -0.25) is 9.59 Å². The molecule has 3 rings (SSSR count). The Bertz CT molecular complexity index is 789. The van der Waals surface area contributed by atoms with E-state index in [0.717, 1.165) is 0 Å². The molecule has 0 saturated heterocycles.